The number of rotatable bonds is 7. The van der Waals surface area contributed by atoms with Crippen molar-refractivity contribution in [2.75, 3.05) is 31.6 Å². The van der Waals surface area contributed by atoms with Crippen molar-refractivity contribution in [1.29, 1.82) is 0 Å². The maximum atomic E-state index is 11.9. The first-order chi connectivity index (χ1) is 9.98. The zero-order valence-corrected chi connectivity index (χ0v) is 13.0. The minimum atomic E-state index is -3.67. The predicted molar refractivity (Wildman–Crippen MR) is 82.2 cm³/mol. The molecule has 0 bridgehead atoms. The highest BCUT2D eigenvalue weighted by atomic mass is 32.2. The van der Waals surface area contributed by atoms with Crippen molar-refractivity contribution in [1.82, 2.24) is 4.72 Å². The third-order valence-electron chi connectivity index (χ3n) is 2.48. The maximum absolute atomic E-state index is 11.9. The van der Waals surface area contributed by atoms with Gasteiger partial charge in [-0.2, -0.15) is 13.1 Å². The van der Waals surface area contributed by atoms with Gasteiger partial charge in [-0.05, 0) is 24.6 Å². The monoisotopic (exact) mass is 312 g/mol. The quantitative estimate of drug-likeness (QED) is 0.509. The fraction of sp³-hybridized carbons (Fsp3) is 0.429. The van der Waals surface area contributed by atoms with E-state index < -0.39 is 10.2 Å². The predicted octanol–water partition coefficient (Wildman–Crippen LogP) is 0.622. The first-order valence-electron chi connectivity index (χ1n) is 6.45. The summed E-state index contributed by atoms with van der Waals surface area (Å²) in [6.07, 6.45) is 0.339. The van der Waals surface area contributed by atoms with E-state index in [1.54, 1.807) is 12.1 Å². The molecular formula is C14H20N2O4S. The molecule has 0 aliphatic rings. The number of ether oxygens (including phenoxy) is 1. The first-order valence-corrected chi connectivity index (χ1v) is 7.93. The van der Waals surface area contributed by atoms with Crippen molar-refractivity contribution in [3.63, 3.8) is 0 Å². The van der Waals surface area contributed by atoms with E-state index in [4.69, 9.17) is 9.84 Å². The van der Waals surface area contributed by atoms with Crippen LogP contribution in [0.3, 0.4) is 0 Å². The summed E-state index contributed by atoms with van der Waals surface area (Å²) >= 11 is 0. The molecule has 3 N–H and O–H groups in total. The molecule has 0 saturated carbocycles. The van der Waals surface area contributed by atoms with E-state index in [1.165, 1.54) is 7.11 Å². The number of aliphatic hydroxyl groups is 1. The molecule has 0 aromatic heterocycles. The van der Waals surface area contributed by atoms with Gasteiger partial charge in [-0.25, -0.2) is 0 Å². The fourth-order valence-electron chi connectivity index (χ4n) is 1.52. The molecule has 7 heteroatoms. The van der Waals surface area contributed by atoms with Gasteiger partial charge in [-0.15, -0.1) is 0 Å². The van der Waals surface area contributed by atoms with Gasteiger partial charge in [-0.3, -0.25) is 4.72 Å². The van der Waals surface area contributed by atoms with Gasteiger partial charge >= 0.3 is 0 Å². The number of hydrogen-bond acceptors (Lipinski definition) is 4. The van der Waals surface area contributed by atoms with E-state index >= 15 is 0 Å². The van der Waals surface area contributed by atoms with E-state index in [1.807, 2.05) is 13.0 Å². The lowest BCUT2D eigenvalue weighted by Gasteiger charge is -2.11. The Bertz CT molecular complexity index is 618. The average Bonchev–Trinajstić information content (AvgIpc) is 2.41. The van der Waals surface area contributed by atoms with Crippen LogP contribution in [0.4, 0.5) is 5.69 Å². The molecule has 0 atom stereocenters. The number of methoxy groups -OCH3 is 1. The van der Waals surface area contributed by atoms with Crippen molar-refractivity contribution < 1.29 is 18.3 Å². The molecule has 0 saturated heterocycles. The standard InChI is InChI=1S/C14H20N2O4S/c1-12-6-7-13(5-3-4-9-17)14(11-12)16-21(18,19)15-8-10-20-2/h6-7,11,15-17H,4,8-10H2,1-2H3. The minimum absolute atomic E-state index is 0.0293. The second-order valence-electron chi connectivity index (χ2n) is 4.32. The molecule has 0 heterocycles. The number of aryl methyl sites for hydroxylation is 1. The Hall–Kier alpha value is -1.59. The van der Waals surface area contributed by atoms with E-state index in [2.05, 4.69) is 21.3 Å². The van der Waals surface area contributed by atoms with Crippen LogP contribution >= 0.6 is 0 Å². The topological polar surface area (TPSA) is 87.7 Å². The number of anilines is 1. The summed E-state index contributed by atoms with van der Waals surface area (Å²) in [5.41, 5.74) is 1.88. The highest BCUT2D eigenvalue weighted by molar-refractivity contribution is 7.90. The SMILES string of the molecule is COCCNS(=O)(=O)Nc1cc(C)ccc1C#CCCO. The Kier molecular flexibility index (Phi) is 7.19. The third-order valence-corrected chi connectivity index (χ3v) is 3.55. The van der Waals surface area contributed by atoms with Crippen molar-refractivity contribution in [2.45, 2.75) is 13.3 Å². The molecule has 0 aliphatic carbocycles. The molecular weight excluding hydrogens is 292 g/mol. The Morgan fingerprint density at radius 2 is 2.14 bits per heavy atom. The number of benzene rings is 1. The summed E-state index contributed by atoms with van der Waals surface area (Å²) < 4.78 is 33.4. The molecule has 116 valence electrons. The van der Waals surface area contributed by atoms with Crippen LogP contribution in [-0.4, -0.2) is 40.4 Å². The van der Waals surface area contributed by atoms with Crippen LogP contribution in [0, 0.1) is 18.8 Å². The normalized spacial score (nSPS) is 10.8. The van der Waals surface area contributed by atoms with Crippen molar-refractivity contribution in [2.24, 2.45) is 0 Å². The van der Waals surface area contributed by atoms with Gasteiger partial charge in [0.25, 0.3) is 10.2 Å². The highest BCUT2D eigenvalue weighted by Crippen LogP contribution is 2.17. The lowest BCUT2D eigenvalue weighted by molar-refractivity contribution is 0.204. The summed E-state index contributed by atoms with van der Waals surface area (Å²) in [5.74, 6) is 5.62. The number of aliphatic hydroxyl groups excluding tert-OH is 1. The third kappa shape index (κ3) is 6.60. The van der Waals surface area contributed by atoms with Gasteiger partial charge in [-0.1, -0.05) is 17.9 Å². The molecule has 21 heavy (non-hydrogen) atoms. The molecule has 0 radical (unpaired) electrons. The maximum Gasteiger partial charge on any atom is 0.299 e. The van der Waals surface area contributed by atoms with E-state index in [0.29, 0.717) is 17.7 Å². The summed E-state index contributed by atoms with van der Waals surface area (Å²) in [7, 11) is -2.18. The molecule has 6 nitrogen and oxygen atoms in total. The molecule has 0 spiro atoms. The van der Waals surface area contributed by atoms with Gasteiger partial charge in [0.05, 0.1) is 18.9 Å². The summed E-state index contributed by atoms with van der Waals surface area (Å²) in [5, 5.41) is 8.73. The lowest BCUT2D eigenvalue weighted by Crippen LogP contribution is -2.32. The van der Waals surface area contributed by atoms with Gasteiger partial charge < -0.3 is 9.84 Å². The fourth-order valence-corrected chi connectivity index (χ4v) is 2.41. The molecule has 0 unspecified atom stereocenters. The van der Waals surface area contributed by atoms with E-state index in [-0.39, 0.29) is 19.8 Å². The second-order valence-corrected chi connectivity index (χ2v) is 5.82. The van der Waals surface area contributed by atoms with Crippen molar-refractivity contribution >= 4 is 15.9 Å². The van der Waals surface area contributed by atoms with Gasteiger partial charge in [0.15, 0.2) is 0 Å². The zero-order chi connectivity index (χ0) is 15.7. The molecule has 1 rings (SSSR count). The largest absolute Gasteiger partial charge is 0.395 e. The Labute approximate surface area is 125 Å². The number of nitrogens with one attached hydrogen (secondary N) is 2. The van der Waals surface area contributed by atoms with Gasteiger partial charge in [0.1, 0.15) is 0 Å². The van der Waals surface area contributed by atoms with Crippen LogP contribution < -0.4 is 9.44 Å². The van der Waals surface area contributed by atoms with Crippen LogP contribution in [0.5, 0.6) is 0 Å². The molecule has 1 aromatic rings. The molecule has 0 amide bonds. The van der Waals surface area contributed by atoms with Crippen LogP contribution in [0.25, 0.3) is 0 Å². The van der Waals surface area contributed by atoms with Crippen LogP contribution in [-0.2, 0) is 14.9 Å². The molecule has 0 aliphatic heterocycles. The minimum Gasteiger partial charge on any atom is -0.395 e. The zero-order valence-electron chi connectivity index (χ0n) is 12.1. The van der Waals surface area contributed by atoms with Gasteiger partial charge in [0.2, 0.25) is 0 Å². The lowest BCUT2D eigenvalue weighted by atomic mass is 10.1. The molecule has 0 fully saturated rings. The van der Waals surface area contributed by atoms with Crippen LogP contribution in [0.15, 0.2) is 18.2 Å². The van der Waals surface area contributed by atoms with Crippen LogP contribution in [0.1, 0.15) is 17.5 Å². The van der Waals surface area contributed by atoms with E-state index in [0.717, 1.165) is 5.56 Å². The Morgan fingerprint density at radius 3 is 2.81 bits per heavy atom. The Balaban J connectivity index is 2.91. The van der Waals surface area contributed by atoms with Crippen molar-refractivity contribution in [3.8, 4) is 11.8 Å². The van der Waals surface area contributed by atoms with Crippen molar-refractivity contribution in [3.05, 3.63) is 29.3 Å². The van der Waals surface area contributed by atoms with Gasteiger partial charge in [0, 0.05) is 25.6 Å². The average molecular weight is 312 g/mol. The second kappa shape index (κ2) is 8.64. The summed E-state index contributed by atoms with van der Waals surface area (Å²) in [6.45, 7) is 2.31. The first kappa shape index (κ1) is 17.5. The molecule has 1 aromatic carbocycles. The highest BCUT2D eigenvalue weighted by Gasteiger charge is 2.11. The van der Waals surface area contributed by atoms with Crippen LogP contribution in [0.2, 0.25) is 0 Å². The smallest absolute Gasteiger partial charge is 0.299 e. The summed E-state index contributed by atoms with van der Waals surface area (Å²) in [4.78, 5) is 0. The summed E-state index contributed by atoms with van der Waals surface area (Å²) in [6, 6.07) is 5.30. The van der Waals surface area contributed by atoms with E-state index in [9.17, 15) is 8.42 Å². The number of hydrogen-bond donors (Lipinski definition) is 3. The Morgan fingerprint density at radius 1 is 1.38 bits per heavy atom.